The number of nitrogens with one attached hydrogen (secondary N) is 2. The smallest absolute Gasteiger partial charge is 0.271 e. The molecule has 0 atom stereocenters. The van der Waals surface area contributed by atoms with E-state index in [1.807, 2.05) is 24.6 Å². The van der Waals surface area contributed by atoms with Gasteiger partial charge in [-0.05, 0) is 19.9 Å². The first-order chi connectivity index (χ1) is 7.16. The molecule has 5 heteroatoms. The molecule has 1 aliphatic rings. The molecule has 0 bridgehead atoms. The maximum absolute atomic E-state index is 11.7. The highest BCUT2D eigenvalue weighted by atomic mass is 16.2. The third-order valence-electron chi connectivity index (χ3n) is 2.32. The van der Waals surface area contributed by atoms with Crippen LogP contribution in [0.1, 0.15) is 30.0 Å². The van der Waals surface area contributed by atoms with Crippen molar-refractivity contribution in [3.8, 4) is 0 Å². The average Bonchev–Trinajstić information content (AvgIpc) is 2.59. The van der Waals surface area contributed by atoms with E-state index in [4.69, 9.17) is 0 Å². The van der Waals surface area contributed by atoms with Crippen LogP contribution in [-0.2, 0) is 13.1 Å². The monoisotopic (exact) mass is 208 g/mol. The summed E-state index contributed by atoms with van der Waals surface area (Å²) in [5, 5.41) is 10.3. The molecule has 0 saturated heterocycles. The van der Waals surface area contributed by atoms with E-state index in [2.05, 4.69) is 15.7 Å². The standard InChI is InChI=1S/C10H16N4O/c1-7(2)12-10(15)9-5-8-6-11-3-4-14(8)13-9/h5,7,11H,3-4,6H2,1-2H3,(H,12,15). The summed E-state index contributed by atoms with van der Waals surface area (Å²) in [6.45, 7) is 6.43. The quantitative estimate of drug-likeness (QED) is 0.726. The molecular formula is C10H16N4O. The van der Waals surface area contributed by atoms with Crippen molar-refractivity contribution in [2.75, 3.05) is 6.54 Å². The molecule has 0 fully saturated rings. The molecule has 0 aliphatic carbocycles. The first kappa shape index (κ1) is 10.2. The van der Waals surface area contributed by atoms with Gasteiger partial charge < -0.3 is 10.6 Å². The fourth-order valence-corrected chi connectivity index (χ4v) is 1.64. The molecule has 1 aliphatic heterocycles. The van der Waals surface area contributed by atoms with Gasteiger partial charge in [0, 0.05) is 19.1 Å². The normalized spacial score (nSPS) is 15.1. The Bertz CT molecular complexity index is 346. The van der Waals surface area contributed by atoms with Crippen LogP contribution < -0.4 is 10.6 Å². The van der Waals surface area contributed by atoms with Crippen molar-refractivity contribution in [2.45, 2.75) is 33.0 Å². The van der Waals surface area contributed by atoms with Crippen molar-refractivity contribution < 1.29 is 4.79 Å². The predicted molar refractivity (Wildman–Crippen MR) is 56.5 cm³/mol. The van der Waals surface area contributed by atoms with Crippen LogP contribution in [0, 0.1) is 0 Å². The van der Waals surface area contributed by atoms with Crippen molar-refractivity contribution in [2.24, 2.45) is 0 Å². The van der Waals surface area contributed by atoms with Gasteiger partial charge in [-0.3, -0.25) is 9.48 Å². The number of fused-ring (bicyclic) bond motifs is 1. The minimum absolute atomic E-state index is 0.0908. The van der Waals surface area contributed by atoms with Gasteiger partial charge in [0.15, 0.2) is 0 Å². The first-order valence-electron chi connectivity index (χ1n) is 5.25. The molecule has 1 amide bonds. The average molecular weight is 208 g/mol. The van der Waals surface area contributed by atoms with Crippen LogP contribution in [0.2, 0.25) is 0 Å². The van der Waals surface area contributed by atoms with Crippen LogP contribution in [0.5, 0.6) is 0 Å². The molecule has 0 saturated carbocycles. The second-order valence-corrected chi connectivity index (χ2v) is 4.05. The molecule has 2 rings (SSSR count). The zero-order valence-electron chi connectivity index (χ0n) is 9.08. The summed E-state index contributed by atoms with van der Waals surface area (Å²) in [4.78, 5) is 11.7. The Morgan fingerprint density at radius 3 is 3.13 bits per heavy atom. The largest absolute Gasteiger partial charge is 0.348 e. The number of carbonyl (C=O) groups excluding carboxylic acids is 1. The number of carbonyl (C=O) groups is 1. The van der Waals surface area contributed by atoms with Gasteiger partial charge in [0.25, 0.3) is 5.91 Å². The highest BCUT2D eigenvalue weighted by Gasteiger charge is 2.16. The fraction of sp³-hybridized carbons (Fsp3) is 0.600. The minimum Gasteiger partial charge on any atom is -0.348 e. The van der Waals surface area contributed by atoms with E-state index in [1.54, 1.807) is 0 Å². The first-order valence-corrected chi connectivity index (χ1v) is 5.25. The number of amides is 1. The number of hydrogen-bond acceptors (Lipinski definition) is 3. The van der Waals surface area contributed by atoms with E-state index in [0.29, 0.717) is 5.69 Å². The molecule has 5 nitrogen and oxygen atoms in total. The predicted octanol–water partition coefficient (Wildman–Crippen LogP) is 0.124. The van der Waals surface area contributed by atoms with Crippen molar-refractivity contribution in [1.82, 2.24) is 20.4 Å². The molecule has 0 unspecified atom stereocenters. The van der Waals surface area contributed by atoms with E-state index < -0.39 is 0 Å². The summed E-state index contributed by atoms with van der Waals surface area (Å²) < 4.78 is 1.89. The van der Waals surface area contributed by atoms with Crippen molar-refractivity contribution >= 4 is 5.91 Å². The van der Waals surface area contributed by atoms with Crippen LogP contribution in [0.3, 0.4) is 0 Å². The minimum atomic E-state index is -0.0908. The third kappa shape index (κ3) is 2.18. The van der Waals surface area contributed by atoms with Crippen molar-refractivity contribution in [3.63, 3.8) is 0 Å². The summed E-state index contributed by atoms with van der Waals surface area (Å²) in [5.74, 6) is -0.0908. The van der Waals surface area contributed by atoms with Gasteiger partial charge in [-0.1, -0.05) is 0 Å². The second kappa shape index (κ2) is 4.02. The summed E-state index contributed by atoms with van der Waals surface area (Å²) in [6, 6.07) is 2.00. The van der Waals surface area contributed by atoms with Gasteiger partial charge in [0.1, 0.15) is 5.69 Å². The summed E-state index contributed by atoms with van der Waals surface area (Å²) in [6.07, 6.45) is 0. The number of nitrogens with zero attached hydrogens (tertiary/aromatic N) is 2. The molecule has 1 aromatic heterocycles. The molecule has 15 heavy (non-hydrogen) atoms. The lowest BCUT2D eigenvalue weighted by Crippen LogP contribution is -2.30. The van der Waals surface area contributed by atoms with E-state index in [-0.39, 0.29) is 11.9 Å². The van der Waals surface area contributed by atoms with Gasteiger partial charge in [-0.25, -0.2) is 0 Å². The van der Waals surface area contributed by atoms with Crippen LogP contribution in [0.15, 0.2) is 6.07 Å². The Hall–Kier alpha value is -1.36. The summed E-state index contributed by atoms with van der Waals surface area (Å²) in [5.41, 5.74) is 1.59. The Balaban J connectivity index is 2.15. The zero-order valence-corrected chi connectivity index (χ0v) is 9.08. The molecule has 1 aromatic rings. The molecule has 0 radical (unpaired) electrons. The molecule has 82 valence electrons. The highest BCUT2D eigenvalue weighted by molar-refractivity contribution is 5.92. The Morgan fingerprint density at radius 2 is 2.47 bits per heavy atom. The second-order valence-electron chi connectivity index (χ2n) is 4.05. The van der Waals surface area contributed by atoms with Crippen LogP contribution in [0.4, 0.5) is 0 Å². The summed E-state index contributed by atoms with van der Waals surface area (Å²) >= 11 is 0. The SMILES string of the molecule is CC(C)NC(=O)c1cc2n(n1)CCNC2. The third-order valence-corrected chi connectivity index (χ3v) is 2.32. The van der Waals surface area contributed by atoms with E-state index >= 15 is 0 Å². The highest BCUT2D eigenvalue weighted by Crippen LogP contribution is 2.07. The van der Waals surface area contributed by atoms with Crippen LogP contribution in [-0.4, -0.2) is 28.3 Å². The van der Waals surface area contributed by atoms with E-state index in [9.17, 15) is 4.79 Å². The topological polar surface area (TPSA) is 59.0 Å². The molecule has 0 spiro atoms. The Labute approximate surface area is 88.8 Å². The van der Waals surface area contributed by atoms with Gasteiger partial charge in [0.2, 0.25) is 0 Å². The van der Waals surface area contributed by atoms with Crippen molar-refractivity contribution in [1.29, 1.82) is 0 Å². The summed E-state index contributed by atoms with van der Waals surface area (Å²) in [7, 11) is 0. The van der Waals surface area contributed by atoms with Gasteiger partial charge in [-0.15, -0.1) is 0 Å². The zero-order chi connectivity index (χ0) is 10.8. The van der Waals surface area contributed by atoms with Gasteiger partial charge in [-0.2, -0.15) is 5.10 Å². The number of aromatic nitrogens is 2. The maximum Gasteiger partial charge on any atom is 0.271 e. The Morgan fingerprint density at radius 1 is 1.67 bits per heavy atom. The van der Waals surface area contributed by atoms with E-state index in [1.165, 1.54) is 0 Å². The lowest BCUT2D eigenvalue weighted by molar-refractivity contribution is 0.0937. The van der Waals surface area contributed by atoms with Crippen molar-refractivity contribution in [3.05, 3.63) is 17.5 Å². The fourth-order valence-electron chi connectivity index (χ4n) is 1.64. The molecule has 0 aromatic carbocycles. The molecular weight excluding hydrogens is 192 g/mol. The number of hydrogen-bond donors (Lipinski definition) is 2. The van der Waals surface area contributed by atoms with E-state index in [0.717, 1.165) is 25.3 Å². The van der Waals surface area contributed by atoms with Crippen LogP contribution in [0.25, 0.3) is 0 Å². The molecule has 2 N–H and O–H groups in total. The number of rotatable bonds is 2. The lowest BCUT2D eigenvalue weighted by Gasteiger charge is -2.13. The lowest BCUT2D eigenvalue weighted by atomic mass is 10.3. The van der Waals surface area contributed by atoms with Gasteiger partial charge >= 0.3 is 0 Å². The maximum atomic E-state index is 11.7. The Kier molecular flexibility index (Phi) is 2.73. The van der Waals surface area contributed by atoms with Crippen LogP contribution >= 0.6 is 0 Å². The molecule has 2 heterocycles. The van der Waals surface area contributed by atoms with Gasteiger partial charge in [0.05, 0.1) is 12.2 Å².